The summed E-state index contributed by atoms with van der Waals surface area (Å²) < 4.78 is 16.7. The molecule has 0 spiro atoms. The maximum absolute atomic E-state index is 6.00. The van der Waals surface area contributed by atoms with Gasteiger partial charge in [-0.25, -0.2) is 0 Å². The lowest BCUT2D eigenvalue weighted by Gasteiger charge is -2.20. The molecule has 2 aromatic rings. The molecule has 2 aromatic carbocycles. The van der Waals surface area contributed by atoms with Crippen LogP contribution in [0.3, 0.4) is 0 Å². The van der Waals surface area contributed by atoms with Crippen molar-refractivity contribution in [2.45, 2.75) is 6.61 Å². The van der Waals surface area contributed by atoms with E-state index in [0.29, 0.717) is 52.8 Å². The van der Waals surface area contributed by atoms with Gasteiger partial charge in [-0.05, 0) is 24.3 Å². The number of nitrogen functional groups attached to an aromatic ring is 1. The van der Waals surface area contributed by atoms with Crippen molar-refractivity contribution in [3.63, 3.8) is 0 Å². The molecule has 1 heterocycles. The van der Waals surface area contributed by atoms with Gasteiger partial charge in [-0.15, -0.1) is 0 Å². The van der Waals surface area contributed by atoms with Gasteiger partial charge in [0, 0.05) is 27.4 Å². The van der Waals surface area contributed by atoms with Crippen LogP contribution < -0.4 is 19.9 Å². The minimum atomic E-state index is 0.291. The van der Waals surface area contributed by atoms with Crippen molar-refractivity contribution < 1.29 is 14.2 Å². The summed E-state index contributed by atoms with van der Waals surface area (Å²) >= 11 is 11.9. The molecule has 0 atom stereocenters. The summed E-state index contributed by atoms with van der Waals surface area (Å²) in [6.45, 7) is 1.35. The topological polar surface area (TPSA) is 53.7 Å². The van der Waals surface area contributed by atoms with Gasteiger partial charge in [0.2, 0.25) is 0 Å². The molecule has 0 saturated heterocycles. The van der Waals surface area contributed by atoms with Crippen molar-refractivity contribution in [3.05, 3.63) is 45.9 Å². The fourth-order valence-corrected chi connectivity index (χ4v) is 2.55. The van der Waals surface area contributed by atoms with Gasteiger partial charge in [-0.2, -0.15) is 0 Å². The highest BCUT2D eigenvalue weighted by Crippen LogP contribution is 2.35. The Morgan fingerprint density at radius 3 is 2.24 bits per heavy atom. The molecule has 1 aliphatic rings. The predicted molar refractivity (Wildman–Crippen MR) is 82.6 cm³/mol. The van der Waals surface area contributed by atoms with Crippen LogP contribution in [0.1, 0.15) is 5.56 Å². The van der Waals surface area contributed by atoms with E-state index >= 15 is 0 Å². The van der Waals surface area contributed by atoms with Gasteiger partial charge in [0.1, 0.15) is 25.6 Å². The zero-order valence-electron chi connectivity index (χ0n) is 11.1. The average molecular weight is 326 g/mol. The van der Waals surface area contributed by atoms with Crippen molar-refractivity contribution in [1.82, 2.24) is 0 Å². The molecule has 0 bridgehead atoms. The lowest BCUT2D eigenvalue weighted by molar-refractivity contribution is 0.171. The number of halogens is 2. The van der Waals surface area contributed by atoms with Crippen molar-refractivity contribution in [2.75, 3.05) is 18.9 Å². The molecule has 3 rings (SSSR count). The van der Waals surface area contributed by atoms with E-state index in [2.05, 4.69) is 0 Å². The predicted octanol–water partition coefficient (Wildman–Crippen LogP) is 3.93. The third kappa shape index (κ3) is 3.28. The summed E-state index contributed by atoms with van der Waals surface area (Å²) in [4.78, 5) is 0. The van der Waals surface area contributed by atoms with Gasteiger partial charge in [-0.3, -0.25) is 0 Å². The van der Waals surface area contributed by atoms with E-state index < -0.39 is 0 Å². The molecule has 0 radical (unpaired) electrons. The van der Waals surface area contributed by atoms with Crippen molar-refractivity contribution in [2.24, 2.45) is 0 Å². The van der Waals surface area contributed by atoms with E-state index in [1.807, 2.05) is 6.07 Å². The van der Waals surface area contributed by atoms with Gasteiger partial charge in [-0.1, -0.05) is 23.2 Å². The van der Waals surface area contributed by atoms with Crippen molar-refractivity contribution in [1.29, 1.82) is 0 Å². The van der Waals surface area contributed by atoms with Gasteiger partial charge in [0.05, 0.1) is 0 Å². The van der Waals surface area contributed by atoms with Crippen LogP contribution in [0.25, 0.3) is 0 Å². The number of ether oxygens (including phenoxy) is 3. The van der Waals surface area contributed by atoms with Crippen LogP contribution >= 0.6 is 23.2 Å². The quantitative estimate of drug-likeness (QED) is 0.869. The van der Waals surface area contributed by atoms with Crippen LogP contribution in [0.2, 0.25) is 10.0 Å². The minimum Gasteiger partial charge on any atom is -0.489 e. The van der Waals surface area contributed by atoms with E-state index in [1.54, 1.807) is 24.3 Å². The Morgan fingerprint density at radius 2 is 1.57 bits per heavy atom. The second-order valence-electron chi connectivity index (χ2n) is 4.59. The molecule has 2 N–H and O–H groups in total. The third-order valence-electron chi connectivity index (χ3n) is 3.03. The number of fused-ring (bicyclic) bond motifs is 1. The van der Waals surface area contributed by atoms with Crippen LogP contribution in [0, 0.1) is 0 Å². The summed E-state index contributed by atoms with van der Waals surface area (Å²) in [5.74, 6) is 1.92. The summed E-state index contributed by atoms with van der Waals surface area (Å²) in [5, 5.41) is 1.04. The first-order chi connectivity index (χ1) is 10.1. The number of nitrogens with two attached hydrogens (primary N) is 1. The Bertz CT molecular complexity index is 656. The van der Waals surface area contributed by atoms with Gasteiger partial charge in [0.15, 0.2) is 11.5 Å². The highest BCUT2D eigenvalue weighted by Gasteiger charge is 2.15. The molecule has 0 unspecified atom stereocenters. The first kappa shape index (κ1) is 14.2. The maximum atomic E-state index is 6.00. The Hall–Kier alpha value is -1.78. The average Bonchev–Trinajstić information content (AvgIpc) is 2.44. The van der Waals surface area contributed by atoms with E-state index in [-0.39, 0.29) is 0 Å². The second kappa shape index (κ2) is 5.92. The van der Waals surface area contributed by atoms with Crippen LogP contribution in [0.15, 0.2) is 30.3 Å². The first-order valence-electron chi connectivity index (χ1n) is 6.39. The Kier molecular flexibility index (Phi) is 3.99. The summed E-state index contributed by atoms with van der Waals surface area (Å²) in [6, 6.07) is 8.62. The molecule has 0 aliphatic carbocycles. The van der Waals surface area contributed by atoms with Crippen LogP contribution in [0.5, 0.6) is 17.2 Å². The monoisotopic (exact) mass is 325 g/mol. The molecule has 0 amide bonds. The molecule has 4 nitrogen and oxygen atoms in total. The third-order valence-corrected chi connectivity index (χ3v) is 3.47. The first-order valence-corrected chi connectivity index (χ1v) is 7.14. The Balaban J connectivity index is 1.78. The zero-order valence-corrected chi connectivity index (χ0v) is 12.6. The molecular formula is C15H13Cl2NO3. The Labute approximate surface area is 132 Å². The zero-order chi connectivity index (χ0) is 14.8. The van der Waals surface area contributed by atoms with Gasteiger partial charge in [0.25, 0.3) is 0 Å². The smallest absolute Gasteiger partial charge is 0.163 e. The highest BCUT2D eigenvalue weighted by molar-refractivity contribution is 6.34. The molecule has 1 aliphatic heterocycles. The van der Waals surface area contributed by atoms with E-state index in [0.717, 1.165) is 5.56 Å². The fraction of sp³-hybridized carbons (Fsp3) is 0.200. The second-order valence-corrected chi connectivity index (χ2v) is 5.46. The lowest BCUT2D eigenvalue weighted by Crippen LogP contribution is -2.16. The largest absolute Gasteiger partial charge is 0.489 e. The van der Waals surface area contributed by atoms with E-state index in [1.165, 1.54) is 0 Å². The lowest BCUT2D eigenvalue weighted by atomic mass is 10.1. The van der Waals surface area contributed by atoms with Crippen molar-refractivity contribution in [3.8, 4) is 17.2 Å². The van der Waals surface area contributed by atoms with Crippen LogP contribution in [-0.4, -0.2) is 13.2 Å². The summed E-state index contributed by atoms with van der Waals surface area (Å²) in [6.07, 6.45) is 0. The molecular weight excluding hydrogens is 313 g/mol. The van der Waals surface area contributed by atoms with E-state index in [9.17, 15) is 0 Å². The van der Waals surface area contributed by atoms with Gasteiger partial charge >= 0.3 is 0 Å². The van der Waals surface area contributed by atoms with E-state index in [4.69, 9.17) is 43.1 Å². The molecule has 0 aromatic heterocycles. The molecule has 21 heavy (non-hydrogen) atoms. The molecule has 0 saturated carbocycles. The summed E-state index contributed by atoms with van der Waals surface area (Å²) in [5.41, 5.74) is 7.41. The Morgan fingerprint density at radius 1 is 0.952 bits per heavy atom. The molecule has 0 fully saturated rings. The number of benzene rings is 2. The standard InChI is InChI=1S/C15H13Cl2NO3/c16-10-4-11(17)6-12(5-10)21-8-9-3-14-15(7-13(9)18)20-2-1-19-14/h3-7H,1-2,8,18H2. The molecule has 6 heteroatoms. The number of hydrogen-bond acceptors (Lipinski definition) is 4. The fourth-order valence-electron chi connectivity index (χ4n) is 2.04. The number of hydrogen-bond donors (Lipinski definition) is 1. The van der Waals surface area contributed by atoms with Gasteiger partial charge < -0.3 is 19.9 Å². The summed E-state index contributed by atoms with van der Waals surface area (Å²) in [7, 11) is 0. The minimum absolute atomic E-state index is 0.291. The molecule has 110 valence electrons. The SMILES string of the molecule is Nc1cc2c(cc1COc1cc(Cl)cc(Cl)c1)OCCO2. The van der Waals surface area contributed by atoms with Crippen LogP contribution in [-0.2, 0) is 6.61 Å². The number of rotatable bonds is 3. The van der Waals surface area contributed by atoms with Crippen molar-refractivity contribution >= 4 is 28.9 Å². The van der Waals surface area contributed by atoms with Crippen LogP contribution in [0.4, 0.5) is 5.69 Å². The number of anilines is 1. The normalized spacial score (nSPS) is 13.0. The highest BCUT2D eigenvalue weighted by atomic mass is 35.5. The maximum Gasteiger partial charge on any atom is 0.163 e.